The van der Waals surface area contributed by atoms with Gasteiger partial charge < -0.3 is 0 Å². The van der Waals surface area contributed by atoms with E-state index in [1.807, 2.05) is 0 Å². The molecule has 0 bridgehead atoms. The zero-order valence-electron chi connectivity index (χ0n) is 3.13. The van der Waals surface area contributed by atoms with E-state index in [4.69, 9.17) is 0 Å². The zero-order chi connectivity index (χ0) is 4.41. The lowest BCUT2D eigenvalue weighted by Gasteiger charge is -1.89. The summed E-state index contributed by atoms with van der Waals surface area (Å²) in [4.78, 5) is 0. The van der Waals surface area contributed by atoms with Crippen molar-refractivity contribution in [2.75, 3.05) is 0 Å². The monoisotopic (exact) mass is 164 g/mol. The standard InChI is InChI=1S/C4H5BrS/c5-6-3-1-2-4-6/h1-4,6H. The quantitative estimate of drug-likeness (QED) is 0.523. The molecule has 34 valence electrons. The molecule has 0 spiro atoms. The predicted molar refractivity (Wildman–Crippen MR) is 36.2 cm³/mol. The Kier molecular flexibility index (Phi) is 1.37. The van der Waals surface area contributed by atoms with Gasteiger partial charge in [-0.25, -0.2) is 0 Å². The molecule has 0 fully saturated rings. The Morgan fingerprint density at radius 1 is 1.17 bits per heavy atom. The highest BCUT2D eigenvalue weighted by molar-refractivity contribution is 9.55. The first-order chi connectivity index (χ1) is 2.89. The Morgan fingerprint density at radius 3 is 1.83 bits per heavy atom. The van der Waals surface area contributed by atoms with Crippen LogP contribution < -0.4 is 0 Å². The maximum atomic E-state index is 3.43. The largest absolute Gasteiger partial charge is 0.154 e. The summed E-state index contributed by atoms with van der Waals surface area (Å²) in [5.41, 5.74) is 0. The molecule has 2 heteroatoms. The molecule has 0 saturated carbocycles. The lowest BCUT2D eigenvalue weighted by molar-refractivity contribution is 2.15. The van der Waals surface area contributed by atoms with Crippen LogP contribution in [0.5, 0.6) is 0 Å². The van der Waals surface area contributed by atoms with Crippen LogP contribution in [-0.2, 0) is 0 Å². The normalized spacial score (nSPS) is 23.2. The van der Waals surface area contributed by atoms with Crippen molar-refractivity contribution >= 4 is 24.1 Å². The summed E-state index contributed by atoms with van der Waals surface area (Å²) in [6, 6.07) is 0. The smallest absolute Gasteiger partial charge is 0.0271 e. The Bertz CT molecular complexity index is 83.7. The molecule has 0 nitrogen and oxygen atoms in total. The first kappa shape index (κ1) is 4.47. The van der Waals surface area contributed by atoms with Gasteiger partial charge in [0, 0.05) is 0 Å². The summed E-state index contributed by atoms with van der Waals surface area (Å²) < 4.78 is 0. The van der Waals surface area contributed by atoms with Crippen molar-refractivity contribution in [3.63, 3.8) is 0 Å². The van der Waals surface area contributed by atoms with Gasteiger partial charge in [-0.2, -0.15) is 9.33 Å². The minimum Gasteiger partial charge on any atom is -0.154 e. The lowest BCUT2D eigenvalue weighted by Crippen LogP contribution is -1.34. The van der Waals surface area contributed by atoms with E-state index in [1.165, 1.54) is 0 Å². The molecule has 0 aromatic rings. The van der Waals surface area contributed by atoms with Gasteiger partial charge in [0.1, 0.15) is 0 Å². The number of hydrogen-bond acceptors (Lipinski definition) is 0. The van der Waals surface area contributed by atoms with Gasteiger partial charge >= 0.3 is 0 Å². The topological polar surface area (TPSA) is 0 Å². The van der Waals surface area contributed by atoms with Gasteiger partial charge in [-0.15, -0.1) is 0 Å². The third kappa shape index (κ3) is 0.884. The number of allylic oxidation sites excluding steroid dienone is 2. The Morgan fingerprint density at radius 2 is 1.67 bits per heavy atom. The van der Waals surface area contributed by atoms with Crippen LogP contribution in [0.4, 0.5) is 0 Å². The maximum absolute atomic E-state index is 3.43. The predicted octanol–water partition coefficient (Wildman–Crippen LogP) is 2.34. The Labute approximate surface area is 47.5 Å². The van der Waals surface area contributed by atoms with E-state index in [1.54, 1.807) is 0 Å². The van der Waals surface area contributed by atoms with Crippen LogP contribution in [0.3, 0.4) is 0 Å². The summed E-state index contributed by atoms with van der Waals surface area (Å²) in [5.74, 6) is 0. The van der Waals surface area contributed by atoms with Gasteiger partial charge in [0.2, 0.25) is 0 Å². The van der Waals surface area contributed by atoms with E-state index in [0.29, 0.717) is 0 Å². The summed E-state index contributed by atoms with van der Waals surface area (Å²) in [6.07, 6.45) is 4.11. The van der Waals surface area contributed by atoms with Crippen LogP contribution in [0.15, 0.2) is 23.0 Å². The first-order valence-corrected chi connectivity index (χ1v) is 5.18. The summed E-state index contributed by atoms with van der Waals surface area (Å²) >= 11 is 3.43. The van der Waals surface area contributed by atoms with Crippen molar-refractivity contribution in [1.29, 1.82) is 0 Å². The number of halogens is 1. The average molecular weight is 165 g/mol. The van der Waals surface area contributed by atoms with Crippen molar-refractivity contribution in [2.24, 2.45) is 0 Å². The van der Waals surface area contributed by atoms with Crippen LogP contribution in [0.1, 0.15) is 0 Å². The van der Waals surface area contributed by atoms with Gasteiger partial charge in [0.15, 0.2) is 0 Å². The molecule has 1 aliphatic rings. The number of hydrogen-bond donors (Lipinski definition) is 1. The second kappa shape index (κ2) is 1.85. The fraction of sp³-hybridized carbons (Fsp3) is 0. The molecule has 1 aliphatic heterocycles. The average Bonchev–Trinajstić information content (AvgIpc) is 1.86. The van der Waals surface area contributed by atoms with E-state index >= 15 is 0 Å². The van der Waals surface area contributed by atoms with Gasteiger partial charge in [0.25, 0.3) is 0 Å². The van der Waals surface area contributed by atoms with E-state index in [2.05, 4.69) is 37.8 Å². The third-order valence-corrected chi connectivity index (χ3v) is 2.90. The molecule has 0 aromatic heterocycles. The Balaban J connectivity index is 2.60. The minimum absolute atomic E-state index is 0.0136. The number of rotatable bonds is 0. The zero-order valence-corrected chi connectivity index (χ0v) is 5.62. The lowest BCUT2D eigenvalue weighted by atomic mass is 10.6. The van der Waals surface area contributed by atoms with Crippen molar-refractivity contribution in [1.82, 2.24) is 0 Å². The van der Waals surface area contributed by atoms with Crippen LogP contribution in [0, 0.1) is 0 Å². The molecule has 0 aliphatic carbocycles. The molecule has 0 amide bonds. The van der Waals surface area contributed by atoms with Crippen LogP contribution in [0.25, 0.3) is 0 Å². The van der Waals surface area contributed by atoms with Gasteiger partial charge in [-0.05, 0) is 25.6 Å². The molecule has 0 aromatic carbocycles. The van der Waals surface area contributed by atoms with E-state index in [0.717, 1.165) is 0 Å². The van der Waals surface area contributed by atoms with Crippen LogP contribution >= 0.6 is 24.1 Å². The maximum Gasteiger partial charge on any atom is -0.0271 e. The fourth-order valence-corrected chi connectivity index (χ4v) is 1.76. The summed E-state index contributed by atoms with van der Waals surface area (Å²) in [6.45, 7) is 0. The van der Waals surface area contributed by atoms with Gasteiger partial charge in [0.05, 0.1) is 0 Å². The van der Waals surface area contributed by atoms with E-state index in [-0.39, 0.29) is 9.33 Å². The molecular weight excluding hydrogens is 160 g/mol. The highest BCUT2D eigenvalue weighted by Gasteiger charge is 1.86. The molecular formula is C4H5BrS. The van der Waals surface area contributed by atoms with Crippen molar-refractivity contribution in [2.45, 2.75) is 0 Å². The van der Waals surface area contributed by atoms with E-state index in [9.17, 15) is 0 Å². The summed E-state index contributed by atoms with van der Waals surface area (Å²) in [5, 5.41) is 4.30. The fourth-order valence-electron chi connectivity index (χ4n) is 0.314. The third-order valence-electron chi connectivity index (χ3n) is 0.568. The molecule has 0 unspecified atom stereocenters. The second-order valence-electron chi connectivity index (χ2n) is 1.03. The van der Waals surface area contributed by atoms with Gasteiger partial charge in [-0.1, -0.05) is 12.2 Å². The molecule has 0 atom stereocenters. The summed E-state index contributed by atoms with van der Waals surface area (Å²) in [7, 11) is -0.0136. The van der Waals surface area contributed by atoms with E-state index < -0.39 is 0 Å². The SMILES string of the molecule is Br[SH]1C=CC=C1. The molecule has 1 heterocycles. The molecule has 0 radical (unpaired) electrons. The highest BCUT2D eigenvalue weighted by atomic mass is 79.9. The molecule has 0 saturated heterocycles. The first-order valence-electron chi connectivity index (χ1n) is 1.69. The van der Waals surface area contributed by atoms with Crippen LogP contribution in [0.2, 0.25) is 0 Å². The second-order valence-corrected chi connectivity index (χ2v) is 4.77. The van der Waals surface area contributed by atoms with Crippen LogP contribution in [-0.4, -0.2) is 0 Å². The van der Waals surface area contributed by atoms with Crippen molar-refractivity contribution in [3.8, 4) is 0 Å². The Hall–Kier alpha value is 0.310. The molecule has 0 N–H and O–H groups in total. The minimum atomic E-state index is -0.0136. The van der Waals surface area contributed by atoms with Crippen molar-refractivity contribution < 1.29 is 0 Å². The molecule has 1 rings (SSSR count). The van der Waals surface area contributed by atoms with Gasteiger partial charge in [-0.3, -0.25) is 0 Å². The van der Waals surface area contributed by atoms with Crippen molar-refractivity contribution in [3.05, 3.63) is 23.0 Å². The highest BCUT2D eigenvalue weighted by Crippen LogP contribution is 2.39. The molecule has 6 heavy (non-hydrogen) atoms. The number of thiol groups is 1.